The van der Waals surface area contributed by atoms with Crippen LogP contribution in [-0.2, 0) is 9.53 Å². The highest BCUT2D eigenvalue weighted by Crippen LogP contribution is 2.08. The van der Waals surface area contributed by atoms with E-state index in [9.17, 15) is 9.90 Å². The molecule has 0 aromatic rings. The Morgan fingerprint density at radius 2 is 2.43 bits per heavy atom. The van der Waals surface area contributed by atoms with E-state index in [1.165, 1.54) is 0 Å². The number of nitrogens with zero attached hydrogens (tertiary/aromatic N) is 1. The summed E-state index contributed by atoms with van der Waals surface area (Å²) in [5, 5.41) is 9.49. The summed E-state index contributed by atoms with van der Waals surface area (Å²) >= 11 is 0. The van der Waals surface area contributed by atoms with E-state index in [0.29, 0.717) is 26.2 Å². The van der Waals surface area contributed by atoms with E-state index in [0.717, 1.165) is 6.54 Å². The summed E-state index contributed by atoms with van der Waals surface area (Å²) < 4.78 is 5.22. The maximum absolute atomic E-state index is 10.9. The van der Waals surface area contributed by atoms with Crippen molar-refractivity contribution >= 4 is 5.78 Å². The van der Waals surface area contributed by atoms with Crippen molar-refractivity contribution in [1.29, 1.82) is 0 Å². The third kappa shape index (κ3) is 3.74. The predicted octanol–water partition coefficient (Wildman–Crippen LogP) is 0.0471. The molecule has 0 aromatic heterocycles. The molecule has 0 radical (unpaired) electrons. The second-order valence-corrected chi connectivity index (χ2v) is 3.98. The number of ketones is 1. The van der Waals surface area contributed by atoms with Crippen molar-refractivity contribution in [2.24, 2.45) is 0 Å². The molecule has 0 aromatic carbocycles. The molecule has 82 valence electrons. The van der Waals surface area contributed by atoms with Crippen LogP contribution in [0.25, 0.3) is 0 Å². The number of hydrogen-bond donors (Lipinski definition) is 1. The van der Waals surface area contributed by atoms with Crippen LogP contribution < -0.4 is 0 Å². The number of rotatable bonds is 3. The molecule has 1 rings (SSSR count). The highest BCUT2D eigenvalue weighted by Gasteiger charge is 2.21. The minimum Gasteiger partial charge on any atom is -0.389 e. The Bertz CT molecular complexity index is 196. The highest BCUT2D eigenvalue weighted by atomic mass is 16.5. The van der Waals surface area contributed by atoms with Gasteiger partial charge >= 0.3 is 0 Å². The molecule has 1 aliphatic heterocycles. The van der Waals surface area contributed by atoms with Gasteiger partial charge in [0.05, 0.1) is 19.3 Å². The molecule has 1 heterocycles. The van der Waals surface area contributed by atoms with E-state index >= 15 is 0 Å². The Hall–Kier alpha value is -0.450. The molecule has 2 unspecified atom stereocenters. The van der Waals surface area contributed by atoms with Crippen LogP contribution in [0, 0.1) is 0 Å². The van der Waals surface area contributed by atoms with E-state index < -0.39 is 6.10 Å². The standard InChI is InChI=1S/C10H19NO3/c1-8(5-9(2)12)11-3-4-14-7-10(13)6-11/h8,10,13H,3-7H2,1-2H3. The number of β-amino-alcohol motifs (C(OH)–C–C–N with tert-alkyl or cyclic N) is 1. The monoisotopic (exact) mass is 201 g/mol. The SMILES string of the molecule is CC(=O)CC(C)N1CCOCC(O)C1. The smallest absolute Gasteiger partial charge is 0.131 e. The molecular weight excluding hydrogens is 182 g/mol. The molecule has 4 heteroatoms. The van der Waals surface area contributed by atoms with Gasteiger partial charge in [0.15, 0.2) is 0 Å². The molecule has 2 atom stereocenters. The van der Waals surface area contributed by atoms with Gasteiger partial charge in [-0.15, -0.1) is 0 Å². The molecule has 1 N–H and O–H groups in total. The van der Waals surface area contributed by atoms with Gasteiger partial charge in [-0.2, -0.15) is 0 Å². The summed E-state index contributed by atoms with van der Waals surface area (Å²) in [6, 6.07) is 0.198. The lowest BCUT2D eigenvalue weighted by molar-refractivity contribution is -0.118. The van der Waals surface area contributed by atoms with Gasteiger partial charge in [0.2, 0.25) is 0 Å². The molecule has 1 fully saturated rings. The number of ether oxygens (including phenoxy) is 1. The average Bonchev–Trinajstić information content (AvgIpc) is 2.28. The van der Waals surface area contributed by atoms with Gasteiger partial charge in [0.25, 0.3) is 0 Å². The van der Waals surface area contributed by atoms with Crippen molar-refractivity contribution in [2.75, 3.05) is 26.3 Å². The molecule has 4 nitrogen and oxygen atoms in total. The molecule has 0 saturated carbocycles. The van der Waals surface area contributed by atoms with Crippen LogP contribution >= 0.6 is 0 Å². The summed E-state index contributed by atoms with van der Waals surface area (Å²) in [5.74, 6) is 0.192. The molecule has 0 aliphatic carbocycles. The second kappa shape index (κ2) is 5.44. The fourth-order valence-corrected chi connectivity index (χ4v) is 1.76. The number of aliphatic hydroxyl groups is 1. The van der Waals surface area contributed by atoms with Gasteiger partial charge in [0, 0.05) is 25.6 Å². The molecule has 0 spiro atoms. The van der Waals surface area contributed by atoms with Crippen molar-refractivity contribution in [3.05, 3.63) is 0 Å². The number of carbonyl (C=O) groups is 1. The fourth-order valence-electron chi connectivity index (χ4n) is 1.76. The van der Waals surface area contributed by atoms with Crippen molar-refractivity contribution < 1.29 is 14.6 Å². The molecule has 14 heavy (non-hydrogen) atoms. The van der Waals surface area contributed by atoms with Crippen molar-refractivity contribution in [3.8, 4) is 0 Å². The topological polar surface area (TPSA) is 49.8 Å². The van der Waals surface area contributed by atoms with Crippen LogP contribution in [0.2, 0.25) is 0 Å². The van der Waals surface area contributed by atoms with Gasteiger partial charge in [0.1, 0.15) is 5.78 Å². The van der Waals surface area contributed by atoms with Crippen LogP contribution in [0.5, 0.6) is 0 Å². The molecule has 1 saturated heterocycles. The lowest BCUT2D eigenvalue weighted by Crippen LogP contribution is -2.40. The van der Waals surface area contributed by atoms with E-state index in [4.69, 9.17) is 4.74 Å². The summed E-state index contributed by atoms with van der Waals surface area (Å²) in [6.45, 7) is 6.06. The Morgan fingerprint density at radius 3 is 3.07 bits per heavy atom. The van der Waals surface area contributed by atoms with Crippen molar-refractivity contribution in [2.45, 2.75) is 32.4 Å². The Kier molecular flexibility index (Phi) is 4.51. The summed E-state index contributed by atoms with van der Waals surface area (Å²) in [6.07, 6.45) is 0.124. The quantitative estimate of drug-likeness (QED) is 0.701. The minimum absolute atomic E-state index is 0.192. The Labute approximate surface area is 84.8 Å². The van der Waals surface area contributed by atoms with E-state index in [2.05, 4.69) is 4.90 Å². The average molecular weight is 201 g/mol. The minimum atomic E-state index is -0.424. The number of aliphatic hydroxyl groups excluding tert-OH is 1. The zero-order valence-corrected chi connectivity index (χ0v) is 8.90. The van der Waals surface area contributed by atoms with E-state index in [1.54, 1.807) is 6.92 Å². The van der Waals surface area contributed by atoms with Crippen LogP contribution in [0.15, 0.2) is 0 Å². The summed E-state index contributed by atoms with van der Waals surface area (Å²) in [7, 11) is 0. The molecule has 1 aliphatic rings. The maximum atomic E-state index is 10.9. The largest absolute Gasteiger partial charge is 0.389 e. The Balaban J connectivity index is 2.43. The normalized spacial score (nSPS) is 26.9. The fraction of sp³-hybridized carbons (Fsp3) is 0.900. The van der Waals surface area contributed by atoms with E-state index in [-0.39, 0.29) is 11.8 Å². The van der Waals surface area contributed by atoms with Crippen LogP contribution in [0.3, 0.4) is 0 Å². The van der Waals surface area contributed by atoms with Gasteiger partial charge in [-0.25, -0.2) is 0 Å². The highest BCUT2D eigenvalue weighted by molar-refractivity contribution is 5.76. The number of carbonyl (C=O) groups excluding carboxylic acids is 1. The lowest BCUT2D eigenvalue weighted by atomic mass is 10.1. The third-order valence-electron chi connectivity index (χ3n) is 2.48. The van der Waals surface area contributed by atoms with Crippen LogP contribution in [0.1, 0.15) is 20.3 Å². The lowest BCUT2D eigenvalue weighted by Gasteiger charge is -2.27. The number of hydrogen-bond acceptors (Lipinski definition) is 4. The van der Waals surface area contributed by atoms with Crippen molar-refractivity contribution in [3.63, 3.8) is 0 Å². The zero-order valence-electron chi connectivity index (χ0n) is 8.90. The van der Waals surface area contributed by atoms with Gasteiger partial charge in [-0.05, 0) is 13.8 Å². The first-order valence-corrected chi connectivity index (χ1v) is 5.09. The van der Waals surface area contributed by atoms with Crippen molar-refractivity contribution in [1.82, 2.24) is 4.90 Å². The van der Waals surface area contributed by atoms with Gasteiger partial charge in [-0.3, -0.25) is 9.69 Å². The first-order chi connectivity index (χ1) is 6.59. The maximum Gasteiger partial charge on any atom is 0.131 e. The third-order valence-corrected chi connectivity index (χ3v) is 2.48. The summed E-state index contributed by atoms with van der Waals surface area (Å²) in [5.41, 5.74) is 0. The Morgan fingerprint density at radius 1 is 1.71 bits per heavy atom. The zero-order chi connectivity index (χ0) is 10.6. The molecule has 0 bridgehead atoms. The molecular formula is C10H19NO3. The second-order valence-electron chi connectivity index (χ2n) is 3.98. The number of Topliss-reactive ketones (excluding diaryl/α,β-unsaturated/α-hetero) is 1. The van der Waals surface area contributed by atoms with Crippen LogP contribution in [-0.4, -0.2) is 54.2 Å². The van der Waals surface area contributed by atoms with Crippen LogP contribution in [0.4, 0.5) is 0 Å². The molecule has 0 amide bonds. The van der Waals surface area contributed by atoms with Gasteiger partial charge in [-0.1, -0.05) is 0 Å². The first-order valence-electron chi connectivity index (χ1n) is 5.09. The van der Waals surface area contributed by atoms with Gasteiger partial charge < -0.3 is 9.84 Å². The summed E-state index contributed by atoms with van der Waals surface area (Å²) in [4.78, 5) is 13.1. The first kappa shape index (κ1) is 11.6. The predicted molar refractivity (Wildman–Crippen MR) is 53.2 cm³/mol. The van der Waals surface area contributed by atoms with E-state index in [1.807, 2.05) is 6.92 Å².